The van der Waals surface area contributed by atoms with Crippen LogP contribution < -0.4 is 0 Å². The molecule has 0 saturated heterocycles. The van der Waals surface area contributed by atoms with Crippen LogP contribution in [0.4, 0.5) is 0 Å². The lowest BCUT2D eigenvalue weighted by Gasteiger charge is -2.08. The van der Waals surface area contributed by atoms with Gasteiger partial charge in [0.25, 0.3) is 0 Å². The number of carbonyl (C=O) groups is 1. The van der Waals surface area contributed by atoms with Crippen molar-refractivity contribution in [3.63, 3.8) is 0 Å². The zero-order valence-corrected chi connectivity index (χ0v) is 10.6. The van der Waals surface area contributed by atoms with Gasteiger partial charge in [-0.2, -0.15) is 0 Å². The molecule has 2 aromatic rings. The summed E-state index contributed by atoms with van der Waals surface area (Å²) < 4.78 is 7.13. The molecule has 0 radical (unpaired) electrons. The Morgan fingerprint density at radius 1 is 1.44 bits per heavy atom. The molecular formula is C14H18N2O2. The van der Waals surface area contributed by atoms with E-state index < -0.39 is 0 Å². The molecule has 0 bridgehead atoms. The van der Waals surface area contributed by atoms with Gasteiger partial charge in [0.15, 0.2) is 0 Å². The molecule has 96 valence electrons. The second-order valence-corrected chi connectivity index (χ2v) is 4.36. The fraction of sp³-hybridized carbons (Fsp3) is 0.429. The summed E-state index contributed by atoms with van der Waals surface area (Å²) in [5, 5.41) is 0. The summed E-state index contributed by atoms with van der Waals surface area (Å²) in [6.07, 6.45) is 8.13. The van der Waals surface area contributed by atoms with Crippen LogP contribution in [0.25, 0.3) is 5.52 Å². The summed E-state index contributed by atoms with van der Waals surface area (Å²) in [5.74, 6) is 0. The van der Waals surface area contributed by atoms with Gasteiger partial charge in [-0.25, -0.2) is 4.98 Å². The molecule has 0 aliphatic rings. The summed E-state index contributed by atoms with van der Waals surface area (Å²) >= 11 is 0. The molecule has 4 nitrogen and oxygen atoms in total. The maximum atomic E-state index is 10.6. The highest BCUT2D eigenvalue weighted by Crippen LogP contribution is 2.11. The number of fused-ring (bicyclic) bond motifs is 1. The van der Waals surface area contributed by atoms with Crippen molar-refractivity contribution < 1.29 is 9.53 Å². The van der Waals surface area contributed by atoms with E-state index in [0.29, 0.717) is 0 Å². The molecule has 0 saturated carbocycles. The maximum Gasteiger partial charge on any atom is 0.148 e. The highest BCUT2D eigenvalue weighted by molar-refractivity contribution is 5.55. The first-order valence-electron chi connectivity index (χ1n) is 6.23. The van der Waals surface area contributed by atoms with Crippen LogP contribution in [0, 0.1) is 0 Å². The Morgan fingerprint density at radius 2 is 2.33 bits per heavy atom. The van der Waals surface area contributed by atoms with E-state index in [0.717, 1.165) is 37.5 Å². The number of ether oxygens (including phenoxy) is 1. The van der Waals surface area contributed by atoms with E-state index in [9.17, 15) is 4.79 Å². The quantitative estimate of drug-likeness (QED) is 0.556. The van der Waals surface area contributed by atoms with Crippen molar-refractivity contribution in [3.05, 3.63) is 36.4 Å². The molecule has 0 amide bonds. The average molecular weight is 246 g/mol. The molecule has 0 fully saturated rings. The van der Waals surface area contributed by atoms with Crippen LogP contribution in [0.3, 0.4) is 0 Å². The van der Waals surface area contributed by atoms with Gasteiger partial charge >= 0.3 is 0 Å². The largest absolute Gasteiger partial charge is 0.374 e. The zero-order chi connectivity index (χ0) is 12.8. The smallest absolute Gasteiger partial charge is 0.148 e. The Hall–Kier alpha value is -1.68. The molecular weight excluding hydrogens is 228 g/mol. The van der Waals surface area contributed by atoms with E-state index >= 15 is 0 Å². The summed E-state index contributed by atoms with van der Waals surface area (Å²) in [4.78, 5) is 14.7. The van der Waals surface area contributed by atoms with Crippen LogP contribution in [0.15, 0.2) is 30.7 Å². The van der Waals surface area contributed by atoms with Crippen molar-refractivity contribution in [3.8, 4) is 0 Å². The van der Waals surface area contributed by atoms with Crippen LogP contribution in [-0.4, -0.2) is 28.9 Å². The molecule has 1 unspecified atom stereocenters. The fourth-order valence-electron chi connectivity index (χ4n) is 2.10. The van der Waals surface area contributed by atoms with Crippen molar-refractivity contribution in [2.24, 2.45) is 0 Å². The van der Waals surface area contributed by atoms with Crippen LogP contribution in [0.5, 0.6) is 0 Å². The lowest BCUT2D eigenvalue weighted by molar-refractivity contribution is -0.116. The third-order valence-electron chi connectivity index (χ3n) is 3.16. The fourth-order valence-corrected chi connectivity index (χ4v) is 2.10. The lowest BCUT2D eigenvalue weighted by atomic mass is 10.1. The summed E-state index contributed by atoms with van der Waals surface area (Å²) in [5.41, 5.74) is 2.38. The molecule has 0 aromatic carbocycles. The maximum absolute atomic E-state index is 10.6. The van der Waals surface area contributed by atoms with Crippen LogP contribution in [-0.2, 0) is 16.0 Å². The predicted octanol–water partition coefficient (Wildman–Crippen LogP) is 2.26. The van der Waals surface area contributed by atoms with E-state index in [1.54, 1.807) is 7.11 Å². The standard InChI is InChI=1S/C14H18N2O2/c1-18-14(10-17)8-3-2-5-12-6-4-7-13-9-15-11-16(12)13/h4,6-7,9-11,14H,2-3,5,8H2,1H3. The molecule has 18 heavy (non-hydrogen) atoms. The third-order valence-corrected chi connectivity index (χ3v) is 3.16. The van der Waals surface area contributed by atoms with Gasteiger partial charge in [0.1, 0.15) is 12.4 Å². The van der Waals surface area contributed by atoms with Gasteiger partial charge in [-0.15, -0.1) is 0 Å². The van der Waals surface area contributed by atoms with Crippen LogP contribution in [0.2, 0.25) is 0 Å². The number of aryl methyl sites for hydroxylation is 1. The molecule has 2 aromatic heterocycles. The minimum absolute atomic E-state index is 0.256. The average Bonchev–Trinajstić information content (AvgIpc) is 2.88. The van der Waals surface area contributed by atoms with E-state index in [1.165, 1.54) is 5.69 Å². The minimum atomic E-state index is -0.256. The molecule has 0 spiro atoms. The Kier molecular flexibility index (Phi) is 4.47. The number of rotatable bonds is 7. The lowest BCUT2D eigenvalue weighted by Crippen LogP contribution is -2.11. The van der Waals surface area contributed by atoms with Gasteiger partial charge in [-0.05, 0) is 31.4 Å². The number of nitrogens with zero attached hydrogens (tertiary/aromatic N) is 2. The van der Waals surface area contributed by atoms with Crippen molar-refractivity contribution in [2.75, 3.05) is 7.11 Å². The zero-order valence-electron chi connectivity index (χ0n) is 10.6. The SMILES string of the molecule is COC(C=O)CCCCc1cccc2cncn12. The number of hydrogen-bond donors (Lipinski definition) is 0. The van der Waals surface area contributed by atoms with E-state index in [1.807, 2.05) is 18.6 Å². The molecule has 0 aliphatic heterocycles. The predicted molar refractivity (Wildman–Crippen MR) is 69.6 cm³/mol. The molecule has 2 heterocycles. The molecule has 2 rings (SSSR count). The highest BCUT2D eigenvalue weighted by Gasteiger charge is 2.05. The Bertz CT molecular complexity index is 507. The number of methoxy groups -OCH3 is 1. The first-order chi connectivity index (χ1) is 8.85. The van der Waals surface area contributed by atoms with Crippen molar-refractivity contribution in [1.29, 1.82) is 0 Å². The van der Waals surface area contributed by atoms with E-state index in [2.05, 4.69) is 21.5 Å². The molecule has 0 N–H and O–H groups in total. The van der Waals surface area contributed by atoms with Gasteiger partial charge in [-0.3, -0.25) is 0 Å². The monoisotopic (exact) mass is 246 g/mol. The van der Waals surface area contributed by atoms with Crippen molar-refractivity contribution in [2.45, 2.75) is 31.8 Å². The Morgan fingerprint density at radius 3 is 3.11 bits per heavy atom. The van der Waals surface area contributed by atoms with E-state index in [4.69, 9.17) is 4.74 Å². The number of hydrogen-bond acceptors (Lipinski definition) is 3. The second kappa shape index (κ2) is 6.31. The van der Waals surface area contributed by atoms with Gasteiger partial charge in [0.05, 0.1) is 18.0 Å². The number of carbonyl (C=O) groups excluding carboxylic acids is 1. The van der Waals surface area contributed by atoms with E-state index in [-0.39, 0.29) is 6.10 Å². The Balaban J connectivity index is 1.87. The first-order valence-corrected chi connectivity index (χ1v) is 6.23. The molecule has 1 atom stereocenters. The summed E-state index contributed by atoms with van der Waals surface area (Å²) in [6, 6.07) is 6.21. The third kappa shape index (κ3) is 2.96. The first kappa shape index (κ1) is 12.8. The van der Waals surface area contributed by atoms with Crippen LogP contribution >= 0.6 is 0 Å². The number of unbranched alkanes of at least 4 members (excludes halogenated alkanes) is 1. The van der Waals surface area contributed by atoms with Gasteiger partial charge in [-0.1, -0.05) is 12.5 Å². The van der Waals surface area contributed by atoms with Crippen molar-refractivity contribution in [1.82, 2.24) is 9.38 Å². The number of aromatic nitrogens is 2. The molecule has 4 heteroatoms. The number of aldehydes is 1. The normalized spacial score (nSPS) is 12.7. The minimum Gasteiger partial charge on any atom is -0.374 e. The summed E-state index contributed by atoms with van der Waals surface area (Å²) in [7, 11) is 1.57. The van der Waals surface area contributed by atoms with Crippen molar-refractivity contribution >= 4 is 11.8 Å². The van der Waals surface area contributed by atoms with Gasteiger partial charge in [0, 0.05) is 12.8 Å². The second-order valence-electron chi connectivity index (χ2n) is 4.36. The highest BCUT2D eigenvalue weighted by atomic mass is 16.5. The number of imidazole rings is 1. The number of pyridine rings is 1. The van der Waals surface area contributed by atoms with Gasteiger partial charge < -0.3 is 13.9 Å². The van der Waals surface area contributed by atoms with Gasteiger partial charge in [0.2, 0.25) is 0 Å². The Labute approximate surface area is 107 Å². The molecule has 0 aliphatic carbocycles. The summed E-state index contributed by atoms with van der Waals surface area (Å²) in [6.45, 7) is 0. The van der Waals surface area contributed by atoms with Crippen LogP contribution in [0.1, 0.15) is 25.0 Å². The topological polar surface area (TPSA) is 43.6 Å².